The van der Waals surface area contributed by atoms with Crippen LogP contribution in [-0.2, 0) is 0 Å². The van der Waals surface area contributed by atoms with Gasteiger partial charge in [0.05, 0.1) is 0 Å². The molecule has 1 atom stereocenters. The van der Waals surface area contributed by atoms with Gasteiger partial charge in [0.25, 0.3) is 0 Å². The molecule has 0 amide bonds. The average molecular weight is 154 g/mol. The van der Waals surface area contributed by atoms with Crippen molar-refractivity contribution in [1.29, 1.82) is 0 Å². The van der Waals surface area contributed by atoms with Crippen LogP contribution >= 0.6 is 0 Å². The van der Waals surface area contributed by atoms with E-state index in [-0.39, 0.29) is 0 Å². The van der Waals surface area contributed by atoms with Crippen molar-refractivity contribution in [3.8, 4) is 0 Å². The molecular formula is C10H15F. The highest BCUT2D eigenvalue weighted by molar-refractivity contribution is 5.19. The van der Waals surface area contributed by atoms with Crippen LogP contribution in [0.2, 0.25) is 0 Å². The number of hydrogen-bond donors (Lipinski definition) is 0. The molecule has 0 aliphatic heterocycles. The minimum absolute atomic E-state index is 0.696. The maximum Gasteiger partial charge on any atom is 0.139 e. The van der Waals surface area contributed by atoms with E-state index in [1.54, 1.807) is 13.0 Å². The Balaban J connectivity index is 4.22. The topological polar surface area (TPSA) is 0 Å². The molecule has 62 valence electrons. The summed E-state index contributed by atoms with van der Waals surface area (Å²) in [6.07, 6.45) is 3.96. The van der Waals surface area contributed by atoms with Crippen molar-refractivity contribution in [3.63, 3.8) is 0 Å². The van der Waals surface area contributed by atoms with Crippen LogP contribution < -0.4 is 0 Å². The molecule has 0 rings (SSSR count). The van der Waals surface area contributed by atoms with Gasteiger partial charge in [-0.25, -0.2) is 4.39 Å². The molecule has 0 fully saturated rings. The highest BCUT2D eigenvalue weighted by atomic mass is 19.1. The monoisotopic (exact) mass is 154 g/mol. The van der Waals surface area contributed by atoms with Gasteiger partial charge in [-0.3, -0.25) is 0 Å². The Hall–Kier alpha value is -0.850. The first-order valence-electron chi connectivity index (χ1n) is 3.66. The number of hydrogen-bond acceptors (Lipinski definition) is 0. The van der Waals surface area contributed by atoms with E-state index in [0.717, 1.165) is 0 Å². The second kappa shape index (κ2) is 4.89. The van der Waals surface area contributed by atoms with Crippen LogP contribution in [0.5, 0.6) is 0 Å². The molecule has 0 radical (unpaired) electrons. The lowest BCUT2D eigenvalue weighted by atomic mass is 10.1. The lowest BCUT2D eigenvalue weighted by molar-refractivity contribution is 0.450. The highest BCUT2D eigenvalue weighted by Crippen LogP contribution is 2.07. The van der Waals surface area contributed by atoms with E-state index >= 15 is 0 Å². The molecule has 0 saturated heterocycles. The molecule has 0 aromatic carbocycles. The summed E-state index contributed by atoms with van der Waals surface area (Å²) in [6.45, 7) is 9.08. The van der Waals surface area contributed by atoms with Gasteiger partial charge in [-0.2, -0.15) is 0 Å². The summed E-state index contributed by atoms with van der Waals surface area (Å²) in [6, 6.07) is 0. The van der Waals surface area contributed by atoms with Crippen LogP contribution in [0.15, 0.2) is 36.0 Å². The molecule has 0 N–H and O–H groups in total. The normalized spacial score (nSPS) is 14.0. The predicted molar refractivity (Wildman–Crippen MR) is 48.3 cm³/mol. The fraction of sp³-hybridized carbons (Fsp3) is 0.400. The fourth-order valence-corrected chi connectivity index (χ4v) is 0.576. The first-order valence-corrected chi connectivity index (χ1v) is 3.66. The van der Waals surface area contributed by atoms with Gasteiger partial charge in [0.15, 0.2) is 0 Å². The Morgan fingerprint density at radius 2 is 1.82 bits per heavy atom. The first-order chi connectivity index (χ1) is 5.07. The van der Waals surface area contributed by atoms with Crippen LogP contribution in [0.25, 0.3) is 0 Å². The van der Waals surface area contributed by atoms with Crippen LogP contribution in [-0.4, -0.2) is 6.17 Å². The summed E-state index contributed by atoms with van der Waals surface area (Å²) in [7, 11) is 0. The molecule has 1 heteroatoms. The lowest BCUT2D eigenvalue weighted by Crippen LogP contribution is -1.94. The van der Waals surface area contributed by atoms with Gasteiger partial charge in [-0.15, -0.1) is 0 Å². The van der Waals surface area contributed by atoms with Gasteiger partial charge < -0.3 is 0 Å². The van der Waals surface area contributed by atoms with Crippen LogP contribution in [0, 0.1) is 0 Å². The molecule has 0 nitrogen and oxygen atoms in total. The molecule has 11 heavy (non-hydrogen) atoms. The first kappa shape index (κ1) is 10.2. The Bertz CT molecular complexity index is 183. The Labute approximate surface area is 68.1 Å². The molecule has 0 heterocycles. The minimum Gasteiger partial charge on any atom is -0.238 e. The molecule has 0 saturated carbocycles. The largest absolute Gasteiger partial charge is 0.238 e. The smallest absolute Gasteiger partial charge is 0.139 e. The van der Waals surface area contributed by atoms with E-state index in [0.29, 0.717) is 5.57 Å². The van der Waals surface area contributed by atoms with E-state index in [9.17, 15) is 4.39 Å². The van der Waals surface area contributed by atoms with Crippen LogP contribution in [0.1, 0.15) is 20.8 Å². The van der Waals surface area contributed by atoms with Gasteiger partial charge in [0, 0.05) is 0 Å². The fourth-order valence-electron chi connectivity index (χ4n) is 0.576. The Morgan fingerprint density at radius 1 is 1.27 bits per heavy atom. The Kier molecular flexibility index (Phi) is 4.51. The summed E-state index contributed by atoms with van der Waals surface area (Å²) in [5.41, 5.74) is 1.86. The SMILES string of the molecule is C=CC(F)/C(C)=C\C=C(C)C. The number of rotatable bonds is 3. The molecule has 0 aromatic rings. The third-order valence-electron chi connectivity index (χ3n) is 1.32. The van der Waals surface area contributed by atoms with E-state index < -0.39 is 6.17 Å². The zero-order valence-electron chi connectivity index (χ0n) is 7.39. The van der Waals surface area contributed by atoms with Crippen molar-refractivity contribution in [2.24, 2.45) is 0 Å². The third kappa shape index (κ3) is 4.54. The molecule has 1 unspecified atom stereocenters. The maximum atomic E-state index is 12.8. The van der Waals surface area contributed by atoms with Gasteiger partial charge in [-0.05, 0) is 26.3 Å². The zero-order valence-corrected chi connectivity index (χ0v) is 7.39. The van der Waals surface area contributed by atoms with Crippen molar-refractivity contribution < 1.29 is 4.39 Å². The van der Waals surface area contributed by atoms with Crippen molar-refractivity contribution >= 4 is 0 Å². The molecular weight excluding hydrogens is 139 g/mol. The van der Waals surface area contributed by atoms with Crippen molar-refractivity contribution in [2.45, 2.75) is 26.9 Å². The number of halogens is 1. The summed E-state index contributed by atoms with van der Waals surface area (Å²) < 4.78 is 12.8. The molecule has 0 bridgehead atoms. The summed E-state index contributed by atoms with van der Waals surface area (Å²) in [5, 5.41) is 0. The second-order valence-corrected chi connectivity index (χ2v) is 2.79. The second-order valence-electron chi connectivity index (χ2n) is 2.79. The predicted octanol–water partition coefficient (Wildman–Crippen LogP) is 3.42. The summed E-state index contributed by atoms with van der Waals surface area (Å²) in [4.78, 5) is 0. The van der Waals surface area contributed by atoms with Crippen molar-refractivity contribution in [3.05, 3.63) is 36.0 Å². The van der Waals surface area contributed by atoms with Crippen LogP contribution in [0.4, 0.5) is 4.39 Å². The Morgan fingerprint density at radius 3 is 2.18 bits per heavy atom. The minimum atomic E-state index is -1.01. The lowest BCUT2D eigenvalue weighted by Gasteiger charge is -1.99. The van der Waals surface area contributed by atoms with Crippen molar-refractivity contribution in [1.82, 2.24) is 0 Å². The molecule has 0 aromatic heterocycles. The average Bonchev–Trinajstić information content (AvgIpc) is 1.98. The molecule has 0 aliphatic rings. The zero-order chi connectivity index (χ0) is 8.85. The maximum absolute atomic E-state index is 12.8. The number of alkyl halides is 1. The molecule has 0 aliphatic carbocycles. The van der Waals surface area contributed by atoms with Gasteiger partial charge in [0.2, 0.25) is 0 Å². The number of allylic oxidation sites excluding steroid dienone is 5. The summed E-state index contributed by atoms with van der Waals surface area (Å²) in [5.74, 6) is 0. The van der Waals surface area contributed by atoms with Crippen LogP contribution in [0.3, 0.4) is 0 Å². The highest BCUT2D eigenvalue weighted by Gasteiger charge is 1.99. The van der Waals surface area contributed by atoms with E-state index in [2.05, 4.69) is 6.58 Å². The standard InChI is InChI=1S/C10H15F/c1-5-10(11)9(4)7-6-8(2)3/h5-7,10H,1H2,2-4H3/b9-7-. The van der Waals surface area contributed by atoms with Gasteiger partial charge in [-0.1, -0.05) is 30.4 Å². The van der Waals surface area contributed by atoms with E-state index in [1.165, 1.54) is 11.6 Å². The van der Waals surface area contributed by atoms with E-state index in [1.807, 2.05) is 19.9 Å². The van der Waals surface area contributed by atoms with Crippen molar-refractivity contribution in [2.75, 3.05) is 0 Å². The van der Waals surface area contributed by atoms with E-state index in [4.69, 9.17) is 0 Å². The molecule has 0 spiro atoms. The van der Waals surface area contributed by atoms with Gasteiger partial charge >= 0.3 is 0 Å². The van der Waals surface area contributed by atoms with Gasteiger partial charge in [0.1, 0.15) is 6.17 Å². The third-order valence-corrected chi connectivity index (χ3v) is 1.32. The quantitative estimate of drug-likeness (QED) is 0.431. The summed E-state index contributed by atoms with van der Waals surface area (Å²) >= 11 is 0.